The van der Waals surface area contributed by atoms with Gasteiger partial charge in [-0.05, 0) is 35.2 Å². The second-order valence-electron chi connectivity index (χ2n) is 7.67. The predicted molar refractivity (Wildman–Crippen MR) is 121 cm³/mol. The topological polar surface area (TPSA) is 43.8 Å². The first kappa shape index (κ1) is 21.8. The number of amides is 1. The first-order chi connectivity index (χ1) is 14.6. The molecule has 0 aromatic heterocycles. The van der Waals surface area contributed by atoms with Crippen LogP contribution in [-0.4, -0.2) is 48.1 Å². The Kier molecular flexibility index (Phi) is 7.77. The van der Waals surface area contributed by atoms with Crippen molar-refractivity contribution in [2.24, 2.45) is 0 Å². The van der Waals surface area contributed by atoms with Crippen LogP contribution in [-0.2, 0) is 6.54 Å². The smallest absolute Gasteiger partial charge is 0.253 e. The number of hydrogen-bond acceptors (Lipinski definition) is 3. The number of aliphatic hydroxyl groups excluding tert-OH is 1. The molecular weight excluding hydrogens is 372 g/mol. The van der Waals surface area contributed by atoms with Crippen molar-refractivity contribution in [2.45, 2.75) is 19.0 Å². The second-order valence-corrected chi connectivity index (χ2v) is 7.67. The first-order valence-electron chi connectivity index (χ1n) is 10.4. The summed E-state index contributed by atoms with van der Waals surface area (Å²) in [5.41, 5.74) is 4.19. The average Bonchev–Trinajstić information content (AvgIpc) is 2.78. The quantitative estimate of drug-likeness (QED) is 0.578. The summed E-state index contributed by atoms with van der Waals surface area (Å²) in [7, 11) is 3.53. The van der Waals surface area contributed by atoms with Gasteiger partial charge in [-0.25, -0.2) is 0 Å². The van der Waals surface area contributed by atoms with Gasteiger partial charge in [-0.2, -0.15) is 0 Å². The van der Waals surface area contributed by atoms with Crippen molar-refractivity contribution in [1.29, 1.82) is 0 Å². The van der Waals surface area contributed by atoms with Crippen LogP contribution in [0.3, 0.4) is 0 Å². The number of rotatable bonds is 9. The summed E-state index contributed by atoms with van der Waals surface area (Å²) in [5, 5.41) is 9.51. The molecule has 0 atom stereocenters. The lowest BCUT2D eigenvalue weighted by atomic mass is 9.96. The molecule has 156 valence electrons. The van der Waals surface area contributed by atoms with Gasteiger partial charge < -0.3 is 10.0 Å². The molecule has 0 radical (unpaired) electrons. The van der Waals surface area contributed by atoms with Crippen LogP contribution in [0.4, 0.5) is 0 Å². The molecule has 0 aliphatic heterocycles. The molecule has 0 saturated heterocycles. The fraction of sp³-hybridized carbons (Fsp3) is 0.269. The number of nitrogens with zero attached hydrogens (tertiary/aromatic N) is 2. The minimum absolute atomic E-state index is 0.00132. The van der Waals surface area contributed by atoms with E-state index in [9.17, 15) is 9.90 Å². The van der Waals surface area contributed by atoms with Crippen LogP contribution in [0.2, 0.25) is 0 Å². The molecule has 4 nitrogen and oxygen atoms in total. The van der Waals surface area contributed by atoms with Crippen molar-refractivity contribution in [3.05, 3.63) is 107 Å². The molecule has 0 aliphatic rings. The highest BCUT2D eigenvalue weighted by Crippen LogP contribution is 2.30. The van der Waals surface area contributed by atoms with Crippen molar-refractivity contribution in [1.82, 2.24) is 9.80 Å². The maximum absolute atomic E-state index is 12.4. The zero-order valence-corrected chi connectivity index (χ0v) is 17.7. The van der Waals surface area contributed by atoms with Crippen molar-refractivity contribution in [3.63, 3.8) is 0 Å². The molecule has 3 aromatic carbocycles. The molecule has 4 heteroatoms. The lowest BCUT2D eigenvalue weighted by molar-refractivity contribution is 0.0827. The monoisotopic (exact) mass is 402 g/mol. The van der Waals surface area contributed by atoms with Crippen LogP contribution in [0.15, 0.2) is 84.9 Å². The normalized spacial score (nSPS) is 11.1. The van der Waals surface area contributed by atoms with Gasteiger partial charge in [0.1, 0.15) is 0 Å². The summed E-state index contributed by atoms with van der Waals surface area (Å²) in [4.78, 5) is 16.4. The minimum atomic E-state index is 0.00132. The number of benzene rings is 3. The Labute approximate surface area is 179 Å². The third-order valence-corrected chi connectivity index (χ3v) is 5.16. The maximum atomic E-state index is 12.4. The van der Waals surface area contributed by atoms with E-state index in [4.69, 9.17) is 0 Å². The van der Waals surface area contributed by atoms with E-state index in [2.05, 4.69) is 59.5 Å². The molecule has 0 spiro atoms. The summed E-state index contributed by atoms with van der Waals surface area (Å²) >= 11 is 0. The van der Waals surface area contributed by atoms with Gasteiger partial charge in [0.25, 0.3) is 5.91 Å². The Morgan fingerprint density at radius 1 is 0.867 bits per heavy atom. The van der Waals surface area contributed by atoms with E-state index in [1.807, 2.05) is 30.3 Å². The van der Waals surface area contributed by atoms with Crippen LogP contribution in [0.25, 0.3) is 0 Å². The van der Waals surface area contributed by atoms with E-state index in [0.717, 1.165) is 12.1 Å². The van der Waals surface area contributed by atoms with E-state index >= 15 is 0 Å². The molecule has 1 amide bonds. The van der Waals surface area contributed by atoms with Gasteiger partial charge in [-0.1, -0.05) is 72.8 Å². The summed E-state index contributed by atoms with van der Waals surface area (Å²) in [6, 6.07) is 28.8. The molecule has 3 aromatic rings. The Balaban J connectivity index is 1.97. The highest BCUT2D eigenvalue weighted by molar-refractivity contribution is 5.94. The molecule has 0 bridgehead atoms. The van der Waals surface area contributed by atoms with Crippen LogP contribution < -0.4 is 0 Å². The van der Waals surface area contributed by atoms with E-state index in [0.29, 0.717) is 18.5 Å². The minimum Gasteiger partial charge on any atom is -0.396 e. The highest BCUT2D eigenvalue weighted by atomic mass is 16.3. The van der Waals surface area contributed by atoms with Gasteiger partial charge in [-0.15, -0.1) is 0 Å². The molecule has 0 saturated carbocycles. The summed E-state index contributed by atoms with van der Waals surface area (Å²) in [6.45, 7) is 1.58. The predicted octanol–water partition coefficient (Wildman–Crippen LogP) is 4.36. The summed E-state index contributed by atoms with van der Waals surface area (Å²) in [5.74, 6) is 0.00132. The first-order valence-corrected chi connectivity index (χ1v) is 10.4. The Morgan fingerprint density at radius 2 is 1.47 bits per heavy atom. The number of carbonyl (C=O) groups excluding carboxylic acids is 1. The molecule has 1 N–H and O–H groups in total. The lowest BCUT2D eigenvalue weighted by Crippen LogP contribution is -2.31. The van der Waals surface area contributed by atoms with Gasteiger partial charge in [0.15, 0.2) is 0 Å². The zero-order valence-electron chi connectivity index (χ0n) is 17.7. The Morgan fingerprint density at radius 3 is 2.00 bits per heavy atom. The molecule has 0 fully saturated rings. The number of carbonyl (C=O) groups is 1. The van der Waals surface area contributed by atoms with Crippen LogP contribution in [0.5, 0.6) is 0 Å². The molecule has 0 aliphatic carbocycles. The third kappa shape index (κ3) is 5.56. The van der Waals surface area contributed by atoms with Gasteiger partial charge in [0.2, 0.25) is 0 Å². The van der Waals surface area contributed by atoms with Crippen molar-refractivity contribution in [3.8, 4) is 0 Å². The van der Waals surface area contributed by atoms with E-state index in [1.165, 1.54) is 11.1 Å². The van der Waals surface area contributed by atoms with E-state index < -0.39 is 0 Å². The number of aliphatic hydroxyl groups is 1. The van der Waals surface area contributed by atoms with Crippen molar-refractivity contribution in [2.75, 3.05) is 27.2 Å². The average molecular weight is 403 g/mol. The molecule has 30 heavy (non-hydrogen) atoms. The number of hydrogen-bond donors (Lipinski definition) is 1. The molecular formula is C26H30N2O2. The Bertz CT molecular complexity index is 887. The lowest BCUT2D eigenvalue weighted by Gasteiger charge is -2.33. The van der Waals surface area contributed by atoms with Crippen molar-refractivity contribution < 1.29 is 9.90 Å². The highest BCUT2D eigenvalue weighted by Gasteiger charge is 2.22. The van der Waals surface area contributed by atoms with Gasteiger partial charge in [0, 0.05) is 39.4 Å². The maximum Gasteiger partial charge on any atom is 0.253 e. The van der Waals surface area contributed by atoms with E-state index in [1.54, 1.807) is 19.0 Å². The molecule has 0 heterocycles. The SMILES string of the molecule is CN(C)C(=O)c1cccc(CN(CCCO)C(c2ccccc2)c2ccccc2)c1. The third-order valence-electron chi connectivity index (χ3n) is 5.16. The Hall–Kier alpha value is -2.95. The van der Waals surface area contributed by atoms with Crippen LogP contribution >= 0.6 is 0 Å². The standard InChI is InChI=1S/C26H30N2O2/c1-27(2)26(30)24-16-9-11-21(19-24)20-28(17-10-18-29)25(22-12-5-3-6-13-22)23-14-7-4-8-15-23/h3-9,11-16,19,25,29H,10,17-18,20H2,1-2H3. The fourth-order valence-electron chi connectivity index (χ4n) is 3.75. The largest absolute Gasteiger partial charge is 0.396 e. The van der Waals surface area contributed by atoms with Crippen molar-refractivity contribution >= 4 is 5.91 Å². The summed E-state index contributed by atoms with van der Waals surface area (Å²) in [6.07, 6.45) is 0.687. The van der Waals surface area contributed by atoms with Gasteiger partial charge >= 0.3 is 0 Å². The summed E-state index contributed by atoms with van der Waals surface area (Å²) < 4.78 is 0. The molecule has 0 unspecified atom stereocenters. The zero-order chi connectivity index (χ0) is 21.3. The second kappa shape index (κ2) is 10.7. The van der Waals surface area contributed by atoms with Crippen LogP contribution in [0, 0.1) is 0 Å². The van der Waals surface area contributed by atoms with Gasteiger partial charge in [0.05, 0.1) is 6.04 Å². The fourth-order valence-corrected chi connectivity index (χ4v) is 3.75. The van der Waals surface area contributed by atoms with Crippen LogP contribution in [0.1, 0.15) is 39.5 Å². The van der Waals surface area contributed by atoms with Gasteiger partial charge in [-0.3, -0.25) is 9.69 Å². The molecule has 3 rings (SSSR count). The van der Waals surface area contributed by atoms with E-state index in [-0.39, 0.29) is 18.6 Å².